The van der Waals surface area contributed by atoms with Crippen LogP contribution in [0.4, 0.5) is 5.69 Å². The number of carbonyl (C=O) groups is 1. The van der Waals surface area contributed by atoms with Gasteiger partial charge in [-0.2, -0.15) is 0 Å². The molecule has 2 rings (SSSR count). The number of carbonyl (C=O) groups excluding carboxylic acids is 1. The number of anilines is 1. The first-order valence-corrected chi connectivity index (χ1v) is 9.37. The number of nitrogens with one attached hydrogen (secondary N) is 2. The molecule has 0 unspecified atom stereocenters. The lowest BCUT2D eigenvalue weighted by Crippen LogP contribution is -2.20. The fourth-order valence-corrected chi connectivity index (χ4v) is 3.16. The minimum absolute atomic E-state index is 0.0159. The molecule has 0 bridgehead atoms. The lowest BCUT2D eigenvalue weighted by atomic mass is 10.1. The first kappa shape index (κ1) is 18.4. The lowest BCUT2D eigenvalue weighted by Gasteiger charge is -2.10. The van der Waals surface area contributed by atoms with Gasteiger partial charge in [-0.25, -0.2) is 13.1 Å². The summed E-state index contributed by atoms with van der Waals surface area (Å²) in [4.78, 5) is 12.4. The van der Waals surface area contributed by atoms with E-state index in [1.807, 2.05) is 24.3 Å². The van der Waals surface area contributed by atoms with Gasteiger partial charge in [0, 0.05) is 5.69 Å². The van der Waals surface area contributed by atoms with E-state index in [1.54, 1.807) is 0 Å². The second-order valence-electron chi connectivity index (χ2n) is 5.25. The maximum absolute atomic E-state index is 12.4. The first-order valence-electron chi connectivity index (χ1n) is 7.50. The Bertz CT molecular complexity index is 833. The van der Waals surface area contributed by atoms with E-state index in [-0.39, 0.29) is 15.5 Å². The highest BCUT2D eigenvalue weighted by Crippen LogP contribution is 2.22. The van der Waals surface area contributed by atoms with Crippen LogP contribution in [-0.2, 0) is 16.4 Å². The summed E-state index contributed by atoms with van der Waals surface area (Å²) in [5.74, 6) is -0.462. The molecule has 24 heavy (non-hydrogen) atoms. The Morgan fingerprint density at radius 3 is 2.38 bits per heavy atom. The zero-order chi connectivity index (χ0) is 17.7. The number of sulfonamides is 1. The second kappa shape index (κ2) is 7.79. The Kier molecular flexibility index (Phi) is 5.99. The molecule has 0 aromatic heterocycles. The summed E-state index contributed by atoms with van der Waals surface area (Å²) >= 11 is 6.04. The molecular weight excluding hydrogens is 348 g/mol. The summed E-state index contributed by atoms with van der Waals surface area (Å²) in [5, 5.41) is 2.91. The first-order chi connectivity index (χ1) is 11.4. The van der Waals surface area contributed by atoms with Gasteiger partial charge in [0.2, 0.25) is 10.0 Å². The van der Waals surface area contributed by atoms with E-state index in [4.69, 9.17) is 11.6 Å². The largest absolute Gasteiger partial charge is 0.322 e. The molecule has 0 aliphatic carbocycles. The predicted octanol–water partition coefficient (Wildman–Crippen LogP) is 3.45. The fraction of sp³-hybridized carbons (Fsp3) is 0.235. The van der Waals surface area contributed by atoms with Crippen molar-refractivity contribution < 1.29 is 13.2 Å². The molecule has 0 atom stereocenters. The molecule has 7 heteroatoms. The van der Waals surface area contributed by atoms with Crippen LogP contribution >= 0.6 is 11.6 Å². The standard InChI is InChI=1S/C17H19ClN2O3S/c1-3-4-12-5-7-13(8-6-12)20-17(21)15-11-14(9-10-16(15)18)24(22,23)19-2/h5-11,19H,3-4H2,1-2H3,(H,20,21). The Morgan fingerprint density at radius 1 is 1.12 bits per heavy atom. The number of halogens is 1. The highest BCUT2D eigenvalue weighted by Gasteiger charge is 2.17. The van der Waals surface area contributed by atoms with Crippen LogP contribution in [0.15, 0.2) is 47.4 Å². The van der Waals surface area contributed by atoms with Crippen LogP contribution in [-0.4, -0.2) is 21.4 Å². The Labute approximate surface area is 147 Å². The molecule has 0 saturated heterocycles. The van der Waals surface area contributed by atoms with Crippen molar-refractivity contribution in [3.8, 4) is 0 Å². The average molecular weight is 367 g/mol. The third-order valence-corrected chi connectivity index (χ3v) is 5.25. The van der Waals surface area contributed by atoms with Gasteiger partial charge in [-0.3, -0.25) is 4.79 Å². The molecule has 5 nitrogen and oxygen atoms in total. The van der Waals surface area contributed by atoms with Crippen LogP contribution in [0.2, 0.25) is 5.02 Å². The van der Waals surface area contributed by atoms with Gasteiger partial charge in [0.25, 0.3) is 5.91 Å². The zero-order valence-corrected chi connectivity index (χ0v) is 15.0. The van der Waals surface area contributed by atoms with Gasteiger partial charge in [0.05, 0.1) is 15.5 Å². The van der Waals surface area contributed by atoms with Crippen LogP contribution in [0.25, 0.3) is 0 Å². The highest BCUT2D eigenvalue weighted by atomic mass is 35.5. The molecular formula is C17H19ClN2O3S. The third-order valence-electron chi connectivity index (χ3n) is 3.51. The second-order valence-corrected chi connectivity index (χ2v) is 7.54. The van der Waals surface area contributed by atoms with Crippen LogP contribution in [0, 0.1) is 0 Å². The highest BCUT2D eigenvalue weighted by molar-refractivity contribution is 7.89. The van der Waals surface area contributed by atoms with Gasteiger partial charge in [-0.05, 0) is 49.4 Å². The van der Waals surface area contributed by atoms with Crippen molar-refractivity contribution in [2.75, 3.05) is 12.4 Å². The average Bonchev–Trinajstić information content (AvgIpc) is 2.57. The van der Waals surface area contributed by atoms with Crippen molar-refractivity contribution in [3.05, 3.63) is 58.6 Å². The molecule has 2 N–H and O–H groups in total. The third kappa shape index (κ3) is 4.35. The van der Waals surface area contributed by atoms with Gasteiger partial charge < -0.3 is 5.32 Å². The summed E-state index contributed by atoms with van der Waals surface area (Å²) < 4.78 is 25.9. The number of hydrogen-bond acceptors (Lipinski definition) is 3. The van der Waals surface area contributed by atoms with Crippen molar-refractivity contribution in [2.24, 2.45) is 0 Å². The number of aryl methyl sites for hydroxylation is 1. The van der Waals surface area contributed by atoms with Crippen LogP contribution < -0.4 is 10.0 Å². The lowest BCUT2D eigenvalue weighted by molar-refractivity contribution is 0.102. The van der Waals surface area contributed by atoms with Crippen molar-refractivity contribution >= 4 is 33.2 Å². The van der Waals surface area contributed by atoms with Gasteiger partial charge in [-0.1, -0.05) is 37.1 Å². The van der Waals surface area contributed by atoms with E-state index in [2.05, 4.69) is 17.0 Å². The summed E-state index contributed by atoms with van der Waals surface area (Å²) in [6.07, 6.45) is 2.03. The molecule has 0 spiro atoms. The number of rotatable bonds is 6. The molecule has 0 saturated carbocycles. The van der Waals surface area contributed by atoms with E-state index in [1.165, 1.54) is 30.8 Å². The summed E-state index contributed by atoms with van der Waals surface area (Å²) in [5.41, 5.74) is 1.92. The minimum atomic E-state index is -3.64. The Balaban J connectivity index is 2.24. The van der Waals surface area contributed by atoms with Crippen LogP contribution in [0.3, 0.4) is 0 Å². The molecule has 128 valence electrons. The summed E-state index contributed by atoms with van der Waals surface area (Å²) in [6.45, 7) is 2.10. The van der Waals surface area contributed by atoms with Crippen molar-refractivity contribution in [2.45, 2.75) is 24.7 Å². The van der Waals surface area contributed by atoms with Gasteiger partial charge in [0.1, 0.15) is 0 Å². The molecule has 1 amide bonds. The van der Waals surface area contributed by atoms with E-state index in [9.17, 15) is 13.2 Å². The zero-order valence-electron chi connectivity index (χ0n) is 13.5. The Morgan fingerprint density at radius 2 is 1.79 bits per heavy atom. The SMILES string of the molecule is CCCc1ccc(NC(=O)c2cc(S(=O)(=O)NC)ccc2Cl)cc1. The normalized spacial score (nSPS) is 11.3. The van der Waals surface area contributed by atoms with E-state index < -0.39 is 15.9 Å². The molecule has 0 radical (unpaired) electrons. The van der Waals surface area contributed by atoms with E-state index in [0.717, 1.165) is 12.8 Å². The molecule has 0 heterocycles. The van der Waals surface area contributed by atoms with Crippen molar-refractivity contribution in [3.63, 3.8) is 0 Å². The van der Waals surface area contributed by atoms with Gasteiger partial charge in [0.15, 0.2) is 0 Å². The summed E-state index contributed by atoms with van der Waals surface area (Å²) in [7, 11) is -2.34. The van der Waals surface area contributed by atoms with Crippen LogP contribution in [0.5, 0.6) is 0 Å². The molecule has 0 aliphatic rings. The minimum Gasteiger partial charge on any atom is -0.322 e. The number of amides is 1. The predicted molar refractivity (Wildman–Crippen MR) is 96.1 cm³/mol. The monoisotopic (exact) mass is 366 g/mol. The maximum Gasteiger partial charge on any atom is 0.257 e. The summed E-state index contributed by atoms with van der Waals surface area (Å²) in [6, 6.07) is 11.5. The molecule has 0 aliphatic heterocycles. The topological polar surface area (TPSA) is 75.3 Å². The number of hydrogen-bond donors (Lipinski definition) is 2. The molecule has 2 aromatic carbocycles. The Hall–Kier alpha value is -1.89. The van der Waals surface area contributed by atoms with E-state index >= 15 is 0 Å². The molecule has 0 fully saturated rings. The van der Waals surface area contributed by atoms with Gasteiger partial charge >= 0.3 is 0 Å². The fourth-order valence-electron chi connectivity index (χ4n) is 2.21. The smallest absolute Gasteiger partial charge is 0.257 e. The van der Waals surface area contributed by atoms with Gasteiger partial charge in [-0.15, -0.1) is 0 Å². The van der Waals surface area contributed by atoms with E-state index in [0.29, 0.717) is 5.69 Å². The molecule has 2 aromatic rings. The van der Waals surface area contributed by atoms with Crippen molar-refractivity contribution in [1.29, 1.82) is 0 Å². The quantitative estimate of drug-likeness (QED) is 0.822. The maximum atomic E-state index is 12.4. The number of benzene rings is 2. The van der Waals surface area contributed by atoms with Crippen LogP contribution in [0.1, 0.15) is 29.3 Å². The van der Waals surface area contributed by atoms with Crippen molar-refractivity contribution in [1.82, 2.24) is 4.72 Å².